The Bertz CT molecular complexity index is 647. The number of pyridine rings is 1. The Labute approximate surface area is 131 Å². The Hall–Kier alpha value is -2.17. The third-order valence-electron chi connectivity index (χ3n) is 4.34. The normalized spacial score (nSPS) is 18.5. The van der Waals surface area contributed by atoms with E-state index in [0.29, 0.717) is 0 Å². The molecule has 1 atom stereocenters. The average Bonchev–Trinajstić information content (AvgIpc) is 3.03. The van der Waals surface area contributed by atoms with E-state index in [-0.39, 0.29) is 11.9 Å². The molecule has 0 aliphatic carbocycles. The summed E-state index contributed by atoms with van der Waals surface area (Å²) in [5.41, 5.74) is 1.12. The number of hydrogen-bond donors (Lipinski definition) is 0. The molecule has 3 heterocycles. The summed E-state index contributed by atoms with van der Waals surface area (Å²) < 4.78 is 2.01. The number of carbonyl (C=O) groups is 1. The second-order valence-electron chi connectivity index (χ2n) is 5.74. The van der Waals surface area contributed by atoms with Crippen molar-refractivity contribution in [3.8, 4) is 5.82 Å². The summed E-state index contributed by atoms with van der Waals surface area (Å²) in [6, 6.07) is 4.28. The standard InChI is InChI=1S/C17H22N4O/c1-3-16-18-9-11-21(16)17-8-7-14(12-19-17)15-6-4-5-10-20(15)13(2)22/h7-9,11-12,15H,3-6,10H2,1-2H3/t15-/m0/s1. The highest BCUT2D eigenvalue weighted by Gasteiger charge is 2.26. The number of rotatable bonds is 3. The summed E-state index contributed by atoms with van der Waals surface area (Å²) in [7, 11) is 0. The lowest BCUT2D eigenvalue weighted by Gasteiger charge is -2.35. The Balaban J connectivity index is 1.86. The molecule has 116 valence electrons. The maximum Gasteiger partial charge on any atom is 0.219 e. The summed E-state index contributed by atoms with van der Waals surface area (Å²) in [6.07, 6.45) is 9.79. The van der Waals surface area contributed by atoms with Gasteiger partial charge in [-0.1, -0.05) is 13.0 Å². The Morgan fingerprint density at radius 1 is 1.32 bits per heavy atom. The number of likely N-dealkylation sites (tertiary alicyclic amines) is 1. The monoisotopic (exact) mass is 298 g/mol. The zero-order valence-corrected chi connectivity index (χ0v) is 13.2. The summed E-state index contributed by atoms with van der Waals surface area (Å²) in [5, 5.41) is 0. The second-order valence-corrected chi connectivity index (χ2v) is 5.74. The molecule has 0 bridgehead atoms. The zero-order chi connectivity index (χ0) is 15.5. The molecule has 0 radical (unpaired) electrons. The quantitative estimate of drug-likeness (QED) is 0.875. The molecule has 0 spiro atoms. The average molecular weight is 298 g/mol. The largest absolute Gasteiger partial charge is 0.336 e. The van der Waals surface area contributed by atoms with E-state index in [2.05, 4.69) is 23.0 Å². The summed E-state index contributed by atoms with van der Waals surface area (Å²) in [5.74, 6) is 2.03. The number of aromatic nitrogens is 3. The van der Waals surface area contributed by atoms with Crippen molar-refractivity contribution in [2.45, 2.75) is 45.6 Å². The van der Waals surface area contributed by atoms with Gasteiger partial charge in [0.25, 0.3) is 0 Å². The van der Waals surface area contributed by atoms with Crippen molar-refractivity contribution in [2.75, 3.05) is 6.54 Å². The van der Waals surface area contributed by atoms with Crippen LogP contribution >= 0.6 is 0 Å². The molecule has 0 unspecified atom stereocenters. The van der Waals surface area contributed by atoms with Crippen molar-refractivity contribution >= 4 is 5.91 Å². The lowest BCUT2D eigenvalue weighted by molar-refractivity contribution is -0.132. The van der Waals surface area contributed by atoms with Gasteiger partial charge in [-0.05, 0) is 30.9 Å². The summed E-state index contributed by atoms with van der Waals surface area (Å²) in [6.45, 7) is 4.59. The van der Waals surface area contributed by atoms with Gasteiger partial charge in [0.1, 0.15) is 11.6 Å². The van der Waals surface area contributed by atoms with Crippen LogP contribution in [0.15, 0.2) is 30.7 Å². The minimum absolute atomic E-state index is 0.150. The highest BCUT2D eigenvalue weighted by molar-refractivity contribution is 5.74. The molecule has 1 aliphatic rings. The van der Waals surface area contributed by atoms with E-state index in [1.807, 2.05) is 27.9 Å². The molecule has 2 aromatic heterocycles. The van der Waals surface area contributed by atoms with Gasteiger partial charge in [0, 0.05) is 38.5 Å². The molecule has 1 fully saturated rings. The third kappa shape index (κ3) is 2.75. The van der Waals surface area contributed by atoms with Crippen LogP contribution < -0.4 is 0 Å². The molecule has 0 saturated carbocycles. The van der Waals surface area contributed by atoms with Gasteiger partial charge in [-0.25, -0.2) is 9.97 Å². The van der Waals surface area contributed by atoms with Crippen molar-refractivity contribution in [1.82, 2.24) is 19.4 Å². The fraction of sp³-hybridized carbons (Fsp3) is 0.471. The first-order valence-corrected chi connectivity index (χ1v) is 7.96. The number of imidazole rings is 1. The van der Waals surface area contributed by atoms with Crippen LogP contribution in [0.25, 0.3) is 5.82 Å². The van der Waals surface area contributed by atoms with Gasteiger partial charge < -0.3 is 4.90 Å². The van der Waals surface area contributed by atoms with Gasteiger partial charge in [0.15, 0.2) is 0 Å². The Kier molecular flexibility index (Phi) is 4.22. The molecule has 0 N–H and O–H groups in total. The van der Waals surface area contributed by atoms with Gasteiger partial charge in [-0.15, -0.1) is 0 Å². The van der Waals surface area contributed by atoms with E-state index >= 15 is 0 Å². The van der Waals surface area contributed by atoms with Crippen LogP contribution in [0.5, 0.6) is 0 Å². The maximum atomic E-state index is 11.8. The molecule has 0 aromatic carbocycles. The predicted molar refractivity (Wildman–Crippen MR) is 84.7 cm³/mol. The molecule has 1 aliphatic heterocycles. The van der Waals surface area contributed by atoms with Crippen LogP contribution in [-0.4, -0.2) is 31.9 Å². The minimum atomic E-state index is 0.150. The number of aryl methyl sites for hydroxylation is 1. The summed E-state index contributed by atoms with van der Waals surface area (Å²) >= 11 is 0. The zero-order valence-electron chi connectivity index (χ0n) is 13.2. The minimum Gasteiger partial charge on any atom is -0.336 e. The maximum absolute atomic E-state index is 11.8. The van der Waals surface area contributed by atoms with E-state index in [1.165, 1.54) is 0 Å². The molecule has 5 heteroatoms. The fourth-order valence-electron chi connectivity index (χ4n) is 3.20. The highest BCUT2D eigenvalue weighted by Crippen LogP contribution is 2.30. The third-order valence-corrected chi connectivity index (χ3v) is 4.34. The molecule has 22 heavy (non-hydrogen) atoms. The van der Waals surface area contributed by atoms with Crippen LogP contribution in [0.2, 0.25) is 0 Å². The van der Waals surface area contributed by atoms with Crippen LogP contribution in [0.3, 0.4) is 0 Å². The lowest BCUT2D eigenvalue weighted by Crippen LogP contribution is -2.36. The Morgan fingerprint density at radius 3 is 2.86 bits per heavy atom. The van der Waals surface area contributed by atoms with Crippen molar-refractivity contribution in [3.63, 3.8) is 0 Å². The fourth-order valence-corrected chi connectivity index (χ4v) is 3.20. The summed E-state index contributed by atoms with van der Waals surface area (Å²) in [4.78, 5) is 22.7. The molecular weight excluding hydrogens is 276 g/mol. The molecule has 2 aromatic rings. The van der Waals surface area contributed by atoms with Gasteiger partial charge in [0.2, 0.25) is 5.91 Å². The van der Waals surface area contributed by atoms with Crippen molar-refractivity contribution in [3.05, 3.63) is 42.1 Å². The van der Waals surface area contributed by atoms with Gasteiger partial charge in [0.05, 0.1) is 6.04 Å². The van der Waals surface area contributed by atoms with E-state index in [9.17, 15) is 4.79 Å². The first-order valence-electron chi connectivity index (χ1n) is 7.96. The molecule has 1 amide bonds. The smallest absolute Gasteiger partial charge is 0.219 e. The predicted octanol–water partition coefficient (Wildman–Crippen LogP) is 2.90. The van der Waals surface area contributed by atoms with E-state index < -0.39 is 0 Å². The number of hydrogen-bond acceptors (Lipinski definition) is 3. The SMILES string of the molecule is CCc1nccn1-c1ccc([C@@H]2CCCCN2C(C)=O)cn1. The first kappa shape index (κ1) is 14.8. The van der Waals surface area contributed by atoms with E-state index in [4.69, 9.17) is 0 Å². The number of amides is 1. The van der Waals surface area contributed by atoms with Crippen LogP contribution in [0, 0.1) is 0 Å². The number of piperidine rings is 1. The molecule has 3 rings (SSSR count). The van der Waals surface area contributed by atoms with Crippen LogP contribution in [0.4, 0.5) is 0 Å². The van der Waals surface area contributed by atoms with E-state index in [1.54, 1.807) is 13.1 Å². The number of carbonyl (C=O) groups excluding carboxylic acids is 1. The van der Waals surface area contributed by atoms with Crippen LogP contribution in [0.1, 0.15) is 50.5 Å². The van der Waals surface area contributed by atoms with Crippen molar-refractivity contribution in [2.24, 2.45) is 0 Å². The Morgan fingerprint density at radius 2 is 2.18 bits per heavy atom. The van der Waals surface area contributed by atoms with Crippen molar-refractivity contribution in [1.29, 1.82) is 0 Å². The van der Waals surface area contributed by atoms with Gasteiger partial charge in [-0.2, -0.15) is 0 Å². The lowest BCUT2D eigenvalue weighted by atomic mass is 9.96. The van der Waals surface area contributed by atoms with Crippen LogP contribution in [-0.2, 0) is 11.2 Å². The van der Waals surface area contributed by atoms with Gasteiger partial charge in [-0.3, -0.25) is 9.36 Å². The molecular formula is C17H22N4O. The second kappa shape index (κ2) is 6.30. The molecule has 1 saturated heterocycles. The van der Waals surface area contributed by atoms with E-state index in [0.717, 1.165) is 49.4 Å². The topological polar surface area (TPSA) is 51.0 Å². The number of nitrogens with zero attached hydrogens (tertiary/aromatic N) is 4. The highest BCUT2D eigenvalue weighted by atomic mass is 16.2. The first-order chi connectivity index (χ1) is 10.7. The van der Waals surface area contributed by atoms with Crippen molar-refractivity contribution < 1.29 is 4.79 Å². The van der Waals surface area contributed by atoms with Gasteiger partial charge >= 0.3 is 0 Å². The molecule has 5 nitrogen and oxygen atoms in total.